The Morgan fingerprint density at radius 2 is 2.09 bits per heavy atom. The van der Waals surface area contributed by atoms with Gasteiger partial charge in [-0.3, -0.25) is 14.3 Å². The van der Waals surface area contributed by atoms with E-state index in [-0.39, 0.29) is 11.3 Å². The first-order valence-corrected chi connectivity index (χ1v) is 7.44. The monoisotopic (exact) mass is 302 g/mol. The van der Waals surface area contributed by atoms with Gasteiger partial charge in [-0.1, -0.05) is 12.1 Å². The van der Waals surface area contributed by atoms with Crippen LogP contribution in [0.3, 0.4) is 0 Å². The molecule has 2 rings (SSSR count). The molecular formula is C16H22N4O2. The highest BCUT2D eigenvalue weighted by atomic mass is 16.1. The Morgan fingerprint density at radius 3 is 2.86 bits per heavy atom. The number of aryl methyl sites for hydroxylation is 1. The minimum absolute atomic E-state index is 0.00309. The van der Waals surface area contributed by atoms with Crippen molar-refractivity contribution in [3.63, 3.8) is 0 Å². The molecule has 0 spiro atoms. The Balaban J connectivity index is 1.91. The average molecular weight is 302 g/mol. The number of rotatable bonds is 7. The maximum atomic E-state index is 11.8. The maximum Gasteiger partial charge on any atom is 0.221 e. The number of hydrogen-bond acceptors (Lipinski definition) is 4. The van der Waals surface area contributed by atoms with E-state index in [0.29, 0.717) is 24.9 Å². The Hall–Kier alpha value is -2.21. The van der Waals surface area contributed by atoms with Crippen LogP contribution < -0.4 is 10.7 Å². The Kier molecular flexibility index (Phi) is 5.66. The van der Waals surface area contributed by atoms with E-state index >= 15 is 0 Å². The smallest absolute Gasteiger partial charge is 0.221 e. The molecule has 1 amide bonds. The van der Waals surface area contributed by atoms with Crippen LogP contribution in [0.25, 0.3) is 10.9 Å². The summed E-state index contributed by atoms with van der Waals surface area (Å²) in [6, 6.07) is 7.31. The van der Waals surface area contributed by atoms with Crippen LogP contribution in [-0.4, -0.2) is 47.8 Å². The van der Waals surface area contributed by atoms with Crippen LogP contribution in [0, 0.1) is 0 Å². The van der Waals surface area contributed by atoms with Crippen LogP contribution in [-0.2, 0) is 11.3 Å². The van der Waals surface area contributed by atoms with Crippen LogP contribution in [0.15, 0.2) is 35.3 Å². The second kappa shape index (κ2) is 7.70. The van der Waals surface area contributed by atoms with Crippen LogP contribution >= 0.6 is 0 Å². The molecule has 22 heavy (non-hydrogen) atoms. The zero-order valence-corrected chi connectivity index (χ0v) is 13.1. The molecule has 6 heteroatoms. The predicted molar refractivity (Wildman–Crippen MR) is 86.8 cm³/mol. The third kappa shape index (κ3) is 4.39. The fourth-order valence-electron chi connectivity index (χ4n) is 2.26. The van der Waals surface area contributed by atoms with Crippen LogP contribution in [0.5, 0.6) is 0 Å². The van der Waals surface area contributed by atoms with Crippen molar-refractivity contribution in [1.82, 2.24) is 20.0 Å². The van der Waals surface area contributed by atoms with Gasteiger partial charge in [-0.15, -0.1) is 0 Å². The van der Waals surface area contributed by atoms with Crippen molar-refractivity contribution >= 4 is 16.8 Å². The summed E-state index contributed by atoms with van der Waals surface area (Å²) in [4.78, 5) is 25.7. The van der Waals surface area contributed by atoms with Crippen molar-refractivity contribution in [2.24, 2.45) is 0 Å². The molecule has 1 N–H and O–H groups in total. The molecule has 1 heterocycles. The van der Waals surface area contributed by atoms with Gasteiger partial charge < -0.3 is 10.2 Å². The lowest BCUT2D eigenvalue weighted by atomic mass is 10.2. The molecule has 0 saturated carbocycles. The number of para-hydroxylation sites is 1. The van der Waals surface area contributed by atoms with E-state index in [0.717, 1.165) is 18.5 Å². The molecule has 0 fully saturated rings. The zero-order valence-electron chi connectivity index (χ0n) is 13.1. The first-order chi connectivity index (χ1) is 10.6. The number of carbonyl (C=O) groups is 1. The quantitative estimate of drug-likeness (QED) is 0.770. The van der Waals surface area contributed by atoms with Gasteiger partial charge in [0.1, 0.15) is 0 Å². The molecule has 1 aromatic carbocycles. The number of aromatic nitrogens is 2. The second-order valence-electron chi connectivity index (χ2n) is 5.51. The van der Waals surface area contributed by atoms with Gasteiger partial charge >= 0.3 is 0 Å². The second-order valence-corrected chi connectivity index (χ2v) is 5.51. The van der Waals surface area contributed by atoms with Crippen molar-refractivity contribution < 1.29 is 4.79 Å². The molecule has 1 aromatic heterocycles. The number of carbonyl (C=O) groups excluding carboxylic acids is 1. The molecular weight excluding hydrogens is 280 g/mol. The normalized spacial score (nSPS) is 11.0. The third-order valence-corrected chi connectivity index (χ3v) is 3.42. The number of nitrogens with one attached hydrogen (secondary N) is 1. The molecule has 0 aliphatic heterocycles. The molecule has 0 radical (unpaired) electrons. The number of hydrogen-bond donors (Lipinski definition) is 1. The number of amides is 1. The topological polar surface area (TPSA) is 67.2 Å². The van der Waals surface area contributed by atoms with Crippen LogP contribution in [0.1, 0.15) is 12.8 Å². The summed E-state index contributed by atoms with van der Waals surface area (Å²) in [5.41, 5.74) is 0.662. The molecule has 118 valence electrons. The minimum atomic E-state index is -0.0972. The molecule has 2 aromatic rings. The van der Waals surface area contributed by atoms with E-state index in [1.807, 2.05) is 32.3 Å². The third-order valence-electron chi connectivity index (χ3n) is 3.42. The fourth-order valence-corrected chi connectivity index (χ4v) is 2.26. The van der Waals surface area contributed by atoms with Crippen molar-refractivity contribution in [1.29, 1.82) is 0 Å². The van der Waals surface area contributed by atoms with Gasteiger partial charge in [0.15, 0.2) is 0 Å². The van der Waals surface area contributed by atoms with Crippen molar-refractivity contribution in [3.8, 4) is 0 Å². The minimum Gasteiger partial charge on any atom is -0.356 e. The Morgan fingerprint density at radius 1 is 1.32 bits per heavy atom. The summed E-state index contributed by atoms with van der Waals surface area (Å²) >= 11 is 0. The van der Waals surface area contributed by atoms with Gasteiger partial charge in [-0.2, -0.15) is 5.10 Å². The van der Waals surface area contributed by atoms with E-state index in [1.54, 1.807) is 10.7 Å². The van der Waals surface area contributed by atoms with Gasteiger partial charge in [0.05, 0.1) is 18.3 Å². The standard InChI is InChI=1S/C16H22N4O2/c1-19(2)10-5-9-17-16(22)8-11-20-14-7-4-3-6-13(14)15(21)12-18-20/h3-4,6-7,12H,5,8-11H2,1-2H3,(H,17,22). The summed E-state index contributed by atoms with van der Waals surface area (Å²) in [6.45, 7) is 2.09. The van der Waals surface area contributed by atoms with E-state index in [9.17, 15) is 9.59 Å². The molecule has 0 aliphatic rings. The lowest BCUT2D eigenvalue weighted by Crippen LogP contribution is -2.28. The molecule has 0 saturated heterocycles. The van der Waals surface area contributed by atoms with E-state index in [1.165, 1.54) is 6.20 Å². The van der Waals surface area contributed by atoms with Gasteiger partial charge in [0.2, 0.25) is 11.3 Å². The highest BCUT2D eigenvalue weighted by molar-refractivity contribution is 5.78. The summed E-state index contributed by atoms with van der Waals surface area (Å²) in [5, 5.41) is 7.64. The Bertz CT molecular complexity index is 694. The van der Waals surface area contributed by atoms with Crippen molar-refractivity contribution in [3.05, 3.63) is 40.7 Å². The summed E-state index contributed by atoms with van der Waals surface area (Å²) < 4.78 is 1.70. The van der Waals surface area contributed by atoms with Crippen molar-refractivity contribution in [2.75, 3.05) is 27.2 Å². The largest absolute Gasteiger partial charge is 0.356 e. The van der Waals surface area contributed by atoms with Gasteiger partial charge in [-0.05, 0) is 39.2 Å². The average Bonchev–Trinajstić information content (AvgIpc) is 2.51. The predicted octanol–water partition coefficient (Wildman–Crippen LogP) is 0.855. The Labute approximate surface area is 129 Å². The summed E-state index contributed by atoms with van der Waals surface area (Å²) in [7, 11) is 4.02. The lowest BCUT2D eigenvalue weighted by molar-refractivity contribution is -0.121. The van der Waals surface area contributed by atoms with E-state index < -0.39 is 0 Å². The fraction of sp³-hybridized carbons (Fsp3) is 0.438. The number of nitrogens with zero attached hydrogens (tertiary/aromatic N) is 3. The first kappa shape index (κ1) is 16.2. The molecule has 6 nitrogen and oxygen atoms in total. The lowest BCUT2D eigenvalue weighted by Gasteiger charge is -2.11. The van der Waals surface area contributed by atoms with Gasteiger partial charge in [-0.25, -0.2) is 0 Å². The number of benzene rings is 1. The van der Waals surface area contributed by atoms with Gasteiger partial charge in [0, 0.05) is 18.4 Å². The number of fused-ring (bicyclic) bond motifs is 1. The molecule has 0 aliphatic carbocycles. The van der Waals surface area contributed by atoms with Gasteiger partial charge in [0.25, 0.3) is 0 Å². The maximum absolute atomic E-state index is 11.8. The van der Waals surface area contributed by atoms with Crippen LogP contribution in [0.4, 0.5) is 0 Å². The SMILES string of the molecule is CN(C)CCCNC(=O)CCn1ncc(=O)c2ccccc21. The molecule has 0 unspecified atom stereocenters. The van der Waals surface area contributed by atoms with E-state index in [2.05, 4.69) is 15.3 Å². The van der Waals surface area contributed by atoms with E-state index in [4.69, 9.17) is 0 Å². The highest BCUT2D eigenvalue weighted by Crippen LogP contribution is 2.08. The molecule has 0 atom stereocenters. The summed E-state index contributed by atoms with van der Waals surface area (Å²) in [5.74, 6) is 0.00309. The summed E-state index contributed by atoms with van der Waals surface area (Å²) in [6.07, 6.45) is 2.58. The highest BCUT2D eigenvalue weighted by Gasteiger charge is 2.06. The van der Waals surface area contributed by atoms with Crippen molar-refractivity contribution in [2.45, 2.75) is 19.4 Å². The van der Waals surface area contributed by atoms with Crippen LogP contribution in [0.2, 0.25) is 0 Å². The zero-order chi connectivity index (χ0) is 15.9. The first-order valence-electron chi connectivity index (χ1n) is 7.44. The molecule has 0 bridgehead atoms.